The van der Waals surface area contributed by atoms with E-state index in [0.29, 0.717) is 32.1 Å². The predicted molar refractivity (Wildman–Crippen MR) is 137 cm³/mol. The van der Waals surface area contributed by atoms with E-state index in [4.69, 9.17) is 9.73 Å². The van der Waals surface area contributed by atoms with E-state index in [9.17, 15) is 8.42 Å². The van der Waals surface area contributed by atoms with Crippen LogP contribution in [0.5, 0.6) is 0 Å². The Bertz CT molecular complexity index is 718. The van der Waals surface area contributed by atoms with Crippen LogP contribution in [0.3, 0.4) is 0 Å². The molecule has 0 radical (unpaired) electrons. The van der Waals surface area contributed by atoms with E-state index >= 15 is 0 Å². The number of nitrogens with zero attached hydrogens (tertiary/aromatic N) is 3. The number of hydrogen-bond acceptors (Lipinski definition) is 5. The maximum Gasteiger partial charge on any atom is 0.216 e. The molecule has 0 saturated carbocycles. The fourth-order valence-electron chi connectivity index (χ4n) is 3.20. The second-order valence-corrected chi connectivity index (χ2v) is 10.8. The van der Waals surface area contributed by atoms with Crippen molar-refractivity contribution in [1.82, 2.24) is 14.5 Å². The van der Waals surface area contributed by atoms with Crippen molar-refractivity contribution in [2.75, 3.05) is 51.6 Å². The molecule has 1 saturated heterocycles. The molecule has 0 spiro atoms. The molecular formula is C20H37IN4O3S2. The third-order valence-electron chi connectivity index (χ3n) is 4.74. The van der Waals surface area contributed by atoms with Crippen LogP contribution >= 0.6 is 35.3 Å². The van der Waals surface area contributed by atoms with Gasteiger partial charge in [0.2, 0.25) is 10.0 Å². The number of nitrogens with one attached hydrogen (secondary N) is 1. The molecule has 1 atom stereocenters. The fraction of sp³-hybridized carbons (Fsp3) is 0.750. The summed E-state index contributed by atoms with van der Waals surface area (Å²) in [5.41, 5.74) is 0. The zero-order valence-electron chi connectivity index (χ0n) is 18.5. The molecule has 10 heteroatoms. The molecule has 0 aliphatic carbocycles. The van der Waals surface area contributed by atoms with Crippen molar-refractivity contribution < 1.29 is 13.2 Å². The number of piperazine rings is 1. The third kappa shape index (κ3) is 9.37. The third-order valence-corrected chi connectivity index (χ3v) is 7.47. The van der Waals surface area contributed by atoms with Gasteiger partial charge in [-0.05, 0) is 44.6 Å². The number of hydrogen-bond donors (Lipinski definition) is 1. The van der Waals surface area contributed by atoms with Gasteiger partial charge in [0.1, 0.15) is 0 Å². The molecule has 1 aliphatic heterocycles. The van der Waals surface area contributed by atoms with Crippen LogP contribution in [0.2, 0.25) is 0 Å². The van der Waals surface area contributed by atoms with Crippen molar-refractivity contribution in [2.24, 2.45) is 10.9 Å². The fourth-order valence-corrected chi connectivity index (χ4v) is 5.36. The summed E-state index contributed by atoms with van der Waals surface area (Å²) in [6.45, 7) is 12.2. The number of guanidine groups is 1. The highest BCUT2D eigenvalue weighted by atomic mass is 127. The highest BCUT2D eigenvalue weighted by Crippen LogP contribution is 2.15. The Labute approximate surface area is 203 Å². The SMILES string of the molecule is CCNC(=NCC(C)Cc1cccs1)N1CCN(S(=O)(=O)CCOC(C)C)CC1.I. The zero-order chi connectivity index (χ0) is 21.3. The minimum absolute atomic E-state index is 0. The van der Waals surface area contributed by atoms with E-state index in [1.807, 2.05) is 13.8 Å². The zero-order valence-corrected chi connectivity index (χ0v) is 22.5. The first-order chi connectivity index (χ1) is 13.8. The van der Waals surface area contributed by atoms with Crippen LogP contribution in [0.15, 0.2) is 22.5 Å². The smallest absolute Gasteiger partial charge is 0.216 e. The number of thiophene rings is 1. The van der Waals surface area contributed by atoms with Crippen LogP contribution in [-0.2, 0) is 21.2 Å². The molecule has 30 heavy (non-hydrogen) atoms. The molecule has 1 unspecified atom stereocenters. The van der Waals surface area contributed by atoms with Crippen molar-refractivity contribution >= 4 is 51.3 Å². The summed E-state index contributed by atoms with van der Waals surface area (Å²) in [5, 5.41) is 5.47. The Balaban J connectivity index is 0.00000450. The number of rotatable bonds is 10. The van der Waals surface area contributed by atoms with Gasteiger partial charge in [0, 0.05) is 44.1 Å². The van der Waals surface area contributed by atoms with Gasteiger partial charge in [-0.2, -0.15) is 4.31 Å². The van der Waals surface area contributed by atoms with Crippen LogP contribution in [0, 0.1) is 5.92 Å². The lowest BCUT2D eigenvalue weighted by Crippen LogP contribution is -2.54. The summed E-state index contributed by atoms with van der Waals surface area (Å²) < 4.78 is 32.0. The van der Waals surface area contributed by atoms with E-state index in [2.05, 4.69) is 41.6 Å². The Kier molecular flexibility index (Phi) is 12.8. The van der Waals surface area contributed by atoms with Crippen LogP contribution < -0.4 is 5.32 Å². The van der Waals surface area contributed by atoms with Crippen LogP contribution in [-0.4, -0.2) is 81.3 Å². The summed E-state index contributed by atoms with van der Waals surface area (Å²) in [4.78, 5) is 8.37. The van der Waals surface area contributed by atoms with Crippen LogP contribution in [0.25, 0.3) is 0 Å². The first-order valence-corrected chi connectivity index (χ1v) is 13.0. The van der Waals surface area contributed by atoms with Gasteiger partial charge in [-0.25, -0.2) is 8.42 Å². The van der Waals surface area contributed by atoms with Gasteiger partial charge in [0.25, 0.3) is 0 Å². The second-order valence-electron chi connectivity index (χ2n) is 7.70. The molecule has 1 aromatic heterocycles. The van der Waals surface area contributed by atoms with Crippen LogP contribution in [0.4, 0.5) is 0 Å². The maximum absolute atomic E-state index is 12.5. The molecule has 7 nitrogen and oxygen atoms in total. The molecule has 0 amide bonds. The monoisotopic (exact) mass is 572 g/mol. The molecule has 1 aliphatic rings. The summed E-state index contributed by atoms with van der Waals surface area (Å²) in [6, 6.07) is 4.25. The molecule has 2 rings (SSSR count). The Morgan fingerprint density at radius 2 is 1.97 bits per heavy atom. The van der Waals surface area contributed by atoms with Gasteiger partial charge in [-0.3, -0.25) is 4.99 Å². The van der Waals surface area contributed by atoms with E-state index in [1.54, 1.807) is 15.6 Å². The van der Waals surface area contributed by atoms with Gasteiger partial charge in [-0.1, -0.05) is 13.0 Å². The lowest BCUT2D eigenvalue weighted by Gasteiger charge is -2.36. The minimum Gasteiger partial charge on any atom is -0.378 e. The van der Waals surface area contributed by atoms with Crippen LogP contribution in [0.1, 0.15) is 32.6 Å². The lowest BCUT2D eigenvalue weighted by atomic mass is 10.1. The molecular weight excluding hydrogens is 535 g/mol. The minimum atomic E-state index is -3.27. The van der Waals surface area contributed by atoms with Gasteiger partial charge >= 0.3 is 0 Å². The molecule has 2 heterocycles. The molecule has 0 aromatic carbocycles. The summed E-state index contributed by atoms with van der Waals surface area (Å²) in [6.07, 6.45) is 1.08. The summed E-state index contributed by atoms with van der Waals surface area (Å²) in [5.74, 6) is 1.38. The number of sulfonamides is 1. The summed E-state index contributed by atoms with van der Waals surface area (Å²) >= 11 is 1.79. The highest BCUT2D eigenvalue weighted by Gasteiger charge is 2.28. The molecule has 1 N–H and O–H groups in total. The van der Waals surface area contributed by atoms with Crippen molar-refractivity contribution in [1.29, 1.82) is 0 Å². The predicted octanol–water partition coefficient (Wildman–Crippen LogP) is 2.88. The van der Waals surface area contributed by atoms with Crippen molar-refractivity contribution in [3.8, 4) is 0 Å². The second kappa shape index (κ2) is 13.9. The van der Waals surface area contributed by atoms with E-state index < -0.39 is 10.0 Å². The average molecular weight is 573 g/mol. The molecule has 0 bridgehead atoms. The first-order valence-electron chi connectivity index (χ1n) is 10.5. The van der Waals surface area contributed by atoms with Crippen molar-refractivity contribution in [3.05, 3.63) is 22.4 Å². The van der Waals surface area contributed by atoms with Gasteiger partial charge in [0.05, 0.1) is 18.5 Å². The van der Waals surface area contributed by atoms with E-state index in [1.165, 1.54) is 4.88 Å². The molecule has 174 valence electrons. The van der Waals surface area contributed by atoms with Crippen molar-refractivity contribution in [3.63, 3.8) is 0 Å². The summed E-state index contributed by atoms with van der Waals surface area (Å²) in [7, 11) is -3.27. The van der Waals surface area contributed by atoms with Gasteiger partial charge < -0.3 is 15.0 Å². The Hall–Kier alpha value is -0.430. The first kappa shape index (κ1) is 27.6. The van der Waals surface area contributed by atoms with E-state index in [0.717, 1.165) is 25.5 Å². The molecule has 1 fully saturated rings. The Morgan fingerprint density at radius 1 is 1.27 bits per heavy atom. The topological polar surface area (TPSA) is 74.2 Å². The standard InChI is InChI=1S/C20H36N4O3S2.HI/c1-5-21-20(22-16-18(4)15-19-7-6-13-28-19)23-8-10-24(11-9-23)29(25,26)14-12-27-17(2)3;/h6-7,13,17-18H,5,8-12,14-16H2,1-4H3,(H,21,22);1H. The molecule has 1 aromatic rings. The number of ether oxygens (including phenoxy) is 1. The average Bonchev–Trinajstić information content (AvgIpc) is 3.17. The number of halogens is 1. The quantitative estimate of drug-likeness (QED) is 0.265. The maximum atomic E-state index is 12.5. The van der Waals surface area contributed by atoms with E-state index in [-0.39, 0.29) is 42.4 Å². The van der Waals surface area contributed by atoms with Gasteiger partial charge in [-0.15, -0.1) is 35.3 Å². The number of aliphatic imine (C=N–C) groups is 1. The lowest BCUT2D eigenvalue weighted by molar-refractivity contribution is 0.0904. The highest BCUT2D eigenvalue weighted by molar-refractivity contribution is 14.0. The largest absolute Gasteiger partial charge is 0.378 e. The Morgan fingerprint density at radius 3 is 2.53 bits per heavy atom. The van der Waals surface area contributed by atoms with Gasteiger partial charge in [0.15, 0.2) is 5.96 Å². The normalized spacial score (nSPS) is 17.1. The van der Waals surface area contributed by atoms with Crippen molar-refractivity contribution in [2.45, 2.75) is 40.2 Å².